The van der Waals surface area contributed by atoms with Gasteiger partial charge < -0.3 is 9.80 Å². The minimum atomic E-state index is -3.53. The highest BCUT2D eigenvalue weighted by Gasteiger charge is 2.22. The van der Waals surface area contributed by atoms with Crippen LogP contribution in [0.5, 0.6) is 0 Å². The fourth-order valence-corrected chi connectivity index (χ4v) is 3.68. The van der Waals surface area contributed by atoms with Crippen molar-refractivity contribution in [2.45, 2.75) is 24.7 Å². The third-order valence-electron chi connectivity index (χ3n) is 4.33. The third-order valence-corrected chi connectivity index (χ3v) is 5.81. The maximum absolute atomic E-state index is 12.5. The van der Waals surface area contributed by atoms with Crippen LogP contribution >= 0.6 is 0 Å². The Labute approximate surface area is 144 Å². The van der Waals surface area contributed by atoms with Gasteiger partial charge in [-0.15, -0.1) is 0 Å². The van der Waals surface area contributed by atoms with Gasteiger partial charge in [0.15, 0.2) is 0 Å². The molecular weight excluding hydrogens is 326 g/mol. The van der Waals surface area contributed by atoms with Crippen LogP contribution in [-0.2, 0) is 10.0 Å². The monoisotopic (exact) mass is 353 g/mol. The lowest BCUT2D eigenvalue weighted by Crippen LogP contribution is -2.37. The molecular formula is C17H27N3O3S. The number of carbonyl (C=O) groups excluding carboxylic acids is 1. The SMILES string of the molecule is CC1CCN(C(=O)c2ccc(S(=O)(=O)NCCN(C)C)cc2)CC1. The van der Waals surface area contributed by atoms with E-state index in [0.717, 1.165) is 25.9 Å². The number of likely N-dealkylation sites (N-methyl/N-ethyl adjacent to an activating group) is 1. The summed E-state index contributed by atoms with van der Waals surface area (Å²) in [6.45, 7) is 4.72. The molecule has 0 aromatic heterocycles. The predicted molar refractivity (Wildman–Crippen MR) is 94.5 cm³/mol. The van der Waals surface area contributed by atoms with Crippen LogP contribution in [0.4, 0.5) is 0 Å². The van der Waals surface area contributed by atoms with E-state index in [1.54, 1.807) is 12.1 Å². The van der Waals surface area contributed by atoms with Crippen molar-refractivity contribution in [2.75, 3.05) is 40.3 Å². The van der Waals surface area contributed by atoms with Crippen molar-refractivity contribution in [3.8, 4) is 0 Å². The molecule has 0 radical (unpaired) electrons. The molecule has 1 aliphatic rings. The first-order chi connectivity index (χ1) is 11.3. The molecule has 0 saturated carbocycles. The lowest BCUT2D eigenvalue weighted by Gasteiger charge is -2.30. The van der Waals surface area contributed by atoms with Crippen molar-refractivity contribution in [1.29, 1.82) is 0 Å². The average molecular weight is 353 g/mol. The molecule has 6 nitrogen and oxygen atoms in total. The highest BCUT2D eigenvalue weighted by atomic mass is 32.2. The number of rotatable bonds is 6. The number of hydrogen-bond donors (Lipinski definition) is 1. The molecule has 1 saturated heterocycles. The van der Waals surface area contributed by atoms with E-state index in [1.807, 2.05) is 23.9 Å². The van der Waals surface area contributed by atoms with Gasteiger partial charge in [-0.05, 0) is 57.1 Å². The van der Waals surface area contributed by atoms with E-state index in [0.29, 0.717) is 24.6 Å². The minimum Gasteiger partial charge on any atom is -0.339 e. The molecule has 0 unspecified atom stereocenters. The van der Waals surface area contributed by atoms with Crippen molar-refractivity contribution in [3.05, 3.63) is 29.8 Å². The maximum atomic E-state index is 12.5. The van der Waals surface area contributed by atoms with Crippen molar-refractivity contribution < 1.29 is 13.2 Å². The first kappa shape index (κ1) is 18.9. The van der Waals surface area contributed by atoms with E-state index in [2.05, 4.69) is 11.6 Å². The maximum Gasteiger partial charge on any atom is 0.253 e. The average Bonchev–Trinajstić information content (AvgIpc) is 2.54. The van der Waals surface area contributed by atoms with E-state index in [-0.39, 0.29) is 10.8 Å². The number of sulfonamides is 1. The third kappa shape index (κ3) is 5.03. The Hall–Kier alpha value is -1.44. The Bertz CT molecular complexity index is 648. The molecule has 7 heteroatoms. The second kappa shape index (κ2) is 8.09. The lowest BCUT2D eigenvalue weighted by molar-refractivity contribution is 0.0697. The number of likely N-dealkylation sites (tertiary alicyclic amines) is 1. The molecule has 0 spiro atoms. The van der Waals surface area contributed by atoms with Crippen molar-refractivity contribution in [3.63, 3.8) is 0 Å². The summed E-state index contributed by atoms with van der Waals surface area (Å²) in [6, 6.07) is 6.19. The number of carbonyl (C=O) groups is 1. The van der Waals surface area contributed by atoms with Crippen LogP contribution in [0.15, 0.2) is 29.2 Å². The highest BCUT2D eigenvalue weighted by Crippen LogP contribution is 2.19. The topological polar surface area (TPSA) is 69.7 Å². The molecule has 0 atom stereocenters. The van der Waals surface area contributed by atoms with E-state index >= 15 is 0 Å². The van der Waals surface area contributed by atoms with Crippen LogP contribution < -0.4 is 4.72 Å². The van der Waals surface area contributed by atoms with Gasteiger partial charge in [0.05, 0.1) is 4.90 Å². The second-order valence-corrected chi connectivity index (χ2v) is 8.47. The van der Waals surface area contributed by atoms with E-state index in [1.165, 1.54) is 12.1 Å². The number of amides is 1. The largest absolute Gasteiger partial charge is 0.339 e. The Morgan fingerprint density at radius 3 is 2.33 bits per heavy atom. The van der Waals surface area contributed by atoms with Gasteiger partial charge in [-0.2, -0.15) is 0 Å². The van der Waals surface area contributed by atoms with E-state index in [9.17, 15) is 13.2 Å². The summed E-state index contributed by atoms with van der Waals surface area (Å²) in [7, 11) is 0.238. The smallest absolute Gasteiger partial charge is 0.253 e. The summed E-state index contributed by atoms with van der Waals surface area (Å²) in [5.41, 5.74) is 0.539. The Morgan fingerprint density at radius 2 is 1.79 bits per heavy atom. The Kier molecular flexibility index (Phi) is 6.37. The predicted octanol–water partition coefficient (Wildman–Crippen LogP) is 1.40. The molecule has 1 heterocycles. The molecule has 2 rings (SSSR count). The van der Waals surface area contributed by atoms with Gasteiger partial charge in [-0.1, -0.05) is 6.92 Å². The normalized spacial score (nSPS) is 16.6. The zero-order valence-corrected chi connectivity index (χ0v) is 15.5. The highest BCUT2D eigenvalue weighted by molar-refractivity contribution is 7.89. The minimum absolute atomic E-state index is 0.0218. The van der Waals surface area contributed by atoms with Gasteiger partial charge in [0, 0.05) is 31.7 Å². The van der Waals surface area contributed by atoms with Crippen LogP contribution in [0.1, 0.15) is 30.1 Å². The zero-order chi connectivity index (χ0) is 17.7. The Balaban J connectivity index is 2.00. The molecule has 1 N–H and O–H groups in total. The van der Waals surface area contributed by atoms with Gasteiger partial charge in [0.25, 0.3) is 5.91 Å². The van der Waals surface area contributed by atoms with Crippen molar-refractivity contribution in [2.24, 2.45) is 5.92 Å². The Morgan fingerprint density at radius 1 is 1.21 bits per heavy atom. The number of hydrogen-bond acceptors (Lipinski definition) is 4. The van der Waals surface area contributed by atoms with Gasteiger partial charge in [0.2, 0.25) is 10.0 Å². The van der Waals surface area contributed by atoms with Crippen LogP contribution in [0.25, 0.3) is 0 Å². The molecule has 1 aromatic rings. The fraction of sp³-hybridized carbons (Fsp3) is 0.588. The van der Waals surface area contributed by atoms with Crippen molar-refractivity contribution >= 4 is 15.9 Å². The summed E-state index contributed by atoms with van der Waals surface area (Å²) in [4.78, 5) is 16.4. The summed E-state index contributed by atoms with van der Waals surface area (Å²) < 4.78 is 27.0. The molecule has 0 bridgehead atoms. The van der Waals surface area contributed by atoms with Crippen LogP contribution in [-0.4, -0.2) is 64.4 Å². The molecule has 1 amide bonds. The van der Waals surface area contributed by atoms with Crippen molar-refractivity contribution in [1.82, 2.24) is 14.5 Å². The number of piperidine rings is 1. The quantitative estimate of drug-likeness (QED) is 0.839. The van der Waals surface area contributed by atoms with Crippen LogP contribution in [0, 0.1) is 5.92 Å². The molecule has 24 heavy (non-hydrogen) atoms. The molecule has 0 aliphatic carbocycles. The fourth-order valence-electron chi connectivity index (χ4n) is 2.66. The standard InChI is InChI=1S/C17H27N3O3S/c1-14-8-11-20(12-9-14)17(21)15-4-6-16(7-5-15)24(22,23)18-10-13-19(2)3/h4-7,14,18H,8-13H2,1-3H3. The van der Waals surface area contributed by atoms with Gasteiger partial charge in [-0.3, -0.25) is 4.79 Å². The molecule has 1 aliphatic heterocycles. The number of nitrogens with one attached hydrogen (secondary N) is 1. The van der Waals surface area contributed by atoms with Crippen LogP contribution in [0.3, 0.4) is 0 Å². The van der Waals surface area contributed by atoms with Gasteiger partial charge >= 0.3 is 0 Å². The first-order valence-electron chi connectivity index (χ1n) is 8.33. The zero-order valence-electron chi connectivity index (χ0n) is 14.7. The van der Waals surface area contributed by atoms with Crippen LogP contribution in [0.2, 0.25) is 0 Å². The summed E-state index contributed by atoms with van der Waals surface area (Å²) in [5.74, 6) is 0.640. The first-order valence-corrected chi connectivity index (χ1v) is 9.81. The molecule has 1 aromatic carbocycles. The summed E-state index contributed by atoms with van der Waals surface area (Å²) >= 11 is 0. The van der Waals surface area contributed by atoms with E-state index < -0.39 is 10.0 Å². The van der Waals surface area contributed by atoms with Gasteiger partial charge in [-0.25, -0.2) is 13.1 Å². The molecule has 1 fully saturated rings. The van der Waals surface area contributed by atoms with E-state index in [4.69, 9.17) is 0 Å². The summed E-state index contributed by atoms with van der Waals surface area (Å²) in [5, 5.41) is 0. The lowest BCUT2D eigenvalue weighted by atomic mass is 9.98. The second-order valence-electron chi connectivity index (χ2n) is 6.70. The van der Waals surface area contributed by atoms with Gasteiger partial charge in [0.1, 0.15) is 0 Å². The number of nitrogens with zero attached hydrogens (tertiary/aromatic N) is 2. The number of benzene rings is 1. The summed E-state index contributed by atoms with van der Waals surface area (Å²) in [6.07, 6.45) is 2.04. The molecule has 134 valence electrons.